The highest BCUT2D eigenvalue weighted by Crippen LogP contribution is 2.40. The van der Waals surface area contributed by atoms with Crippen LogP contribution in [0.1, 0.15) is 19.3 Å². The summed E-state index contributed by atoms with van der Waals surface area (Å²) in [5.41, 5.74) is 1.56. The summed E-state index contributed by atoms with van der Waals surface area (Å²) in [6.07, 6.45) is 5.08. The van der Waals surface area contributed by atoms with E-state index in [0.717, 1.165) is 12.8 Å². The third-order valence-electron chi connectivity index (χ3n) is 5.49. The number of pyridine rings is 1. The molecule has 8 nitrogen and oxygen atoms in total. The van der Waals surface area contributed by atoms with Gasteiger partial charge in [-0.2, -0.15) is 0 Å². The van der Waals surface area contributed by atoms with Crippen molar-refractivity contribution in [3.8, 4) is 11.6 Å². The van der Waals surface area contributed by atoms with Crippen molar-refractivity contribution in [1.82, 2.24) is 19.9 Å². The number of nitrogens with one attached hydrogen (secondary N) is 1. The monoisotopic (exact) mass is 469 g/mol. The lowest BCUT2D eigenvalue weighted by Crippen LogP contribution is -2.29. The van der Waals surface area contributed by atoms with Crippen molar-refractivity contribution in [2.75, 3.05) is 18.4 Å². The highest BCUT2D eigenvalue weighted by atomic mass is 35.5. The van der Waals surface area contributed by atoms with Crippen LogP contribution in [0.3, 0.4) is 0 Å². The molecule has 1 aromatic carbocycles. The first kappa shape index (κ1) is 21.4. The number of anilines is 2. The fourth-order valence-electron chi connectivity index (χ4n) is 3.63. The molecular formula is C23H21ClFN5O3. The lowest BCUT2D eigenvalue weighted by Gasteiger charge is -2.16. The topological polar surface area (TPSA) is 89.5 Å². The number of ether oxygens (including phenoxy) is 2. The van der Waals surface area contributed by atoms with Crippen molar-refractivity contribution in [1.29, 1.82) is 0 Å². The van der Waals surface area contributed by atoms with E-state index in [0.29, 0.717) is 47.9 Å². The molecule has 1 saturated carbocycles. The van der Waals surface area contributed by atoms with Gasteiger partial charge >= 0.3 is 0 Å². The standard InChI is InChI=1S/C23H21ClFN5O3/c1-2-19(31)30-10-9-14(11-30)32-18-8-7-16-21(29-18)23(27-12-26-16)28-17-6-5-15(25)20(24)22(17)33-13-3-4-13/h2,5-8,12-14H,1,3-4,9-11H2,(H,26,27,28)/t14-/m0/s1. The third-order valence-corrected chi connectivity index (χ3v) is 5.84. The molecule has 1 N–H and O–H groups in total. The van der Waals surface area contributed by atoms with Crippen molar-refractivity contribution in [2.24, 2.45) is 0 Å². The van der Waals surface area contributed by atoms with Gasteiger partial charge in [-0.3, -0.25) is 4.79 Å². The second-order valence-corrected chi connectivity index (χ2v) is 8.31. The van der Waals surface area contributed by atoms with Gasteiger partial charge in [0.25, 0.3) is 0 Å². The Labute approximate surface area is 194 Å². The number of aromatic nitrogens is 3. The first-order valence-corrected chi connectivity index (χ1v) is 11.0. The molecule has 2 fully saturated rings. The Morgan fingerprint density at radius 3 is 2.82 bits per heavy atom. The quantitative estimate of drug-likeness (QED) is 0.517. The molecule has 1 aliphatic carbocycles. The molecule has 1 aliphatic heterocycles. The van der Waals surface area contributed by atoms with Crippen LogP contribution in [0.15, 0.2) is 43.2 Å². The van der Waals surface area contributed by atoms with Crippen LogP contribution < -0.4 is 14.8 Å². The smallest absolute Gasteiger partial charge is 0.246 e. The average molecular weight is 470 g/mol. The number of halogens is 2. The SMILES string of the molecule is C=CC(=O)N1CC[C@H](Oc2ccc3ncnc(Nc4ccc(F)c(Cl)c4OC4CC4)c3n2)C1. The summed E-state index contributed by atoms with van der Waals surface area (Å²) >= 11 is 6.18. The van der Waals surface area contributed by atoms with E-state index in [9.17, 15) is 9.18 Å². The van der Waals surface area contributed by atoms with Gasteiger partial charge in [-0.15, -0.1) is 0 Å². The van der Waals surface area contributed by atoms with Gasteiger partial charge in [-0.1, -0.05) is 18.2 Å². The van der Waals surface area contributed by atoms with Crippen molar-refractivity contribution in [2.45, 2.75) is 31.5 Å². The number of amides is 1. The largest absolute Gasteiger partial charge is 0.487 e. The minimum atomic E-state index is -0.556. The highest BCUT2D eigenvalue weighted by Gasteiger charge is 2.28. The number of likely N-dealkylation sites (tertiary alicyclic amines) is 1. The van der Waals surface area contributed by atoms with Crippen molar-refractivity contribution in [3.05, 3.63) is 54.1 Å². The molecule has 0 bridgehead atoms. The van der Waals surface area contributed by atoms with E-state index in [4.69, 9.17) is 21.1 Å². The predicted molar refractivity (Wildman–Crippen MR) is 121 cm³/mol. The van der Waals surface area contributed by atoms with Gasteiger partial charge in [-0.25, -0.2) is 19.3 Å². The summed E-state index contributed by atoms with van der Waals surface area (Å²) in [4.78, 5) is 26.7. The summed E-state index contributed by atoms with van der Waals surface area (Å²) in [6, 6.07) is 6.34. The van der Waals surface area contributed by atoms with E-state index in [1.165, 1.54) is 18.5 Å². The number of nitrogens with zero attached hydrogens (tertiary/aromatic N) is 4. The minimum absolute atomic E-state index is 0.0315. The van der Waals surface area contributed by atoms with Crippen molar-refractivity contribution < 1.29 is 18.7 Å². The van der Waals surface area contributed by atoms with E-state index in [1.54, 1.807) is 23.1 Å². The number of benzene rings is 1. The van der Waals surface area contributed by atoms with Crippen LogP contribution >= 0.6 is 11.6 Å². The van der Waals surface area contributed by atoms with Gasteiger partial charge in [0.1, 0.15) is 28.8 Å². The molecule has 1 amide bonds. The molecule has 0 radical (unpaired) electrons. The Hall–Kier alpha value is -3.46. The molecule has 10 heteroatoms. The van der Waals surface area contributed by atoms with Gasteiger partial charge in [0.15, 0.2) is 11.6 Å². The number of hydrogen-bond donors (Lipinski definition) is 1. The number of carbonyl (C=O) groups excluding carboxylic acids is 1. The second kappa shape index (κ2) is 8.82. The second-order valence-electron chi connectivity index (χ2n) is 7.94. The fourth-order valence-corrected chi connectivity index (χ4v) is 3.84. The zero-order valence-electron chi connectivity index (χ0n) is 17.6. The van der Waals surface area contributed by atoms with E-state index >= 15 is 0 Å². The van der Waals surface area contributed by atoms with E-state index in [-0.39, 0.29) is 28.9 Å². The molecule has 33 heavy (non-hydrogen) atoms. The summed E-state index contributed by atoms with van der Waals surface area (Å²) in [6.45, 7) is 4.60. The van der Waals surface area contributed by atoms with E-state index in [2.05, 4.69) is 26.8 Å². The van der Waals surface area contributed by atoms with E-state index in [1.807, 2.05) is 0 Å². The molecule has 3 aromatic rings. The Kier molecular flexibility index (Phi) is 5.72. The van der Waals surface area contributed by atoms with Gasteiger partial charge in [0.05, 0.1) is 23.9 Å². The summed E-state index contributed by atoms with van der Waals surface area (Å²) < 4.78 is 25.9. The van der Waals surface area contributed by atoms with Gasteiger partial charge in [0, 0.05) is 19.0 Å². The minimum Gasteiger partial charge on any atom is -0.487 e. The molecule has 170 valence electrons. The Morgan fingerprint density at radius 1 is 1.18 bits per heavy atom. The lowest BCUT2D eigenvalue weighted by atomic mass is 10.2. The van der Waals surface area contributed by atoms with Gasteiger partial charge < -0.3 is 19.7 Å². The molecule has 1 atom stereocenters. The molecule has 0 spiro atoms. The molecule has 3 heterocycles. The van der Waals surface area contributed by atoms with Crippen LogP contribution in [-0.2, 0) is 4.79 Å². The van der Waals surface area contributed by atoms with Crippen molar-refractivity contribution >= 4 is 40.0 Å². The van der Waals surface area contributed by atoms with Crippen LogP contribution in [0.25, 0.3) is 11.0 Å². The van der Waals surface area contributed by atoms with Crippen LogP contribution in [0.5, 0.6) is 11.6 Å². The predicted octanol–water partition coefficient (Wildman–Crippen LogP) is 4.27. The first-order valence-electron chi connectivity index (χ1n) is 10.6. The Morgan fingerprint density at radius 2 is 2.03 bits per heavy atom. The average Bonchev–Trinajstić information content (AvgIpc) is 3.53. The lowest BCUT2D eigenvalue weighted by molar-refractivity contribution is -0.125. The Bertz CT molecular complexity index is 1240. The van der Waals surface area contributed by atoms with Gasteiger partial charge in [-0.05, 0) is 37.1 Å². The molecule has 5 rings (SSSR count). The van der Waals surface area contributed by atoms with Crippen LogP contribution in [0.4, 0.5) is 15.9 Å². The number of hydrogen-bond acceptors (Lipinski definition) is 7. The highest BCUT2D eigenvalue weighted by molar-refractivity contribution is 6.32. The van der Waals surface area contributed by atoms with Gasteiger partial charge in [0.2, 0.25) is 11.8 Å². The molecule has 2 aromatic heterocycles. The first-order chi connectivity index (χ1) is 16.0. The van der Waals surface area contributed by atoms with Crippen molar-refractivity contribution in [3.63, 3.8) is 0 Å². The molecule has 1 saturated heterocycles. The maximum absolute atomic E-state index is 14.0. The zero-order valence-corrected chi connectivity index (χ0v) is 18.4. The number of rotatable bonds is 7. The maximum Gasteiger partial charge on any atom is 0.246 e. The zero-order chi connectivity index (χ0) is 22.9. The third kappa shape index (κ3) is 4.54. The number of carbonyl (C=O) groups is 1. The maximum atomic E-state index is 14.0. The number of fused-ring (bicyclic) bond motifs is 1. The summed E-state index contributed by atoms with van der Waals surface area (Å²) in [5, 5.41) is 3.08. The normalized spacial score (nSPS) is 17.8. The molecule has 2 aliphatic rings. The van der Waals surface area contributed by atoms with E-state index < -0.39 is 5.82 Å². The Balaban J connectivity index is 1.41. The van der Waals surface area contributed by atoms with Crippen LogP contribution in [0, 0.1) is 5.82 Å². The van der Waals surface area contributed by atoms with Crippen LogP contribution in [-0.4, -0.2) is 51.1 Å². The summed E-state index contributed by atoms with van der Waals surface area (Å²) in [5.74, 6) is 0.374. The fraction of sp³-hybridized carbons (Fsp3) is 0.304. The summed E-state index contributed by atoms with van der Waals surface area (Å²) in [7, 11) is 0. The molecular weight excluding hydrogens is 449 g/mol. The molecule has 0 unspecified atom stereocenters. The van der Waals surface area contributed by atoms with Crippen LogP contribution in [0.2, 0.25) is 5.02 Å².